The highest BCUT2D eigenvalue weighted by atomic mass is 35.5. The first-order chi connectivity index (χ1) is 13.4. The molecule has 0 saturated heterocycles. The number of halogens is 1. The molecular formula is C21H21ClN2O3S. The van der Waals surface area contributed by atoms with E-state index in [0.29, 0.717) is 16.4 Å². The molecular weight excluding hydrogens is 396 g/mol. The minimum atomic E-state index is -0.375. The molecule has 7 heteroatoms. The van der Waals surface area contributed by atoms with Gasteiger partial charge in [-0.2, -0.15) is 4.99 Å². The number of thiazole rings is 1. The van der Waals surface area contributed by atoms with E-state index in [9.17, 15) is 9.59 Å². The average Bonchev–Trinajstić information content (AvgIpc) is 2.94. The topological polar surface area (TPSA) is 60.7 Å². The molecule has 1 amide bonds. The molecule has 0 saturated carbocycles. The quantitative estimate of drug-likeness (QED) is 0.585. The first-order valence-electron chi connectivity index (χ1n) is 8.95. The van der Waals surface area contributed by atoms with Crippen LogP contribution in [0.25, 0.3) is 10.2 Å². The molecule has 0 N–H and O–H groups in total. The molecule has 0 spiro atoms. The highest BCUT2D eigenvalue weighted by Crippen LogP contribution is 2.22. The van der Waals surface area contributed by atoms with E-state index in [2.05, 4.69) is 4.99 Å². The molecule has 1 heterocycles. The maximum absolute atomic E-state index is 12.6. The van der Waals surface area contributed by atoms with Gasteiger partial charge in [-0.15, -0.1) is 0 Å². The molecule has 28 heavy (non-hydrogen) atoms. The Morgan fingerprint density at radius 3 is 2.64 bits per heavy atom. The van der Waals surface area contributed by atoms with Gasteiger partial charge in [-0.1, -0.05) is 41.1 Å². The summed E-state index contributed by atoms with van der Waals surface area (Å²) in [6, 6.07) is 11.3. The summed E-state index contributed by atoms with van der Waals surface area (Å²) in [5.74, 6) is -0.640. The lowest BCUT2D eigenvalue weighted by molar-refractivity contribution is -0.143. The summed E-state index contributed by atoms with van der Waals surface area (Å²) >= 11 is 7.41. The Morgan fingerprint density at radius 2 is 1.93 bits per heavy atom. The highest BCUT2D eigenvalue weighted by Gasteiger charge is 2.13. The van der Waals surface area contributed by atoms with Gasteiger partial charge in [0.25, 0.3) is 5.91 Å². The molecule has 2 aromatic carbocycles. The number of aromatic nitrogens is 1. The smallest absolute Gasteiger partial charge is 0.326 e. The number of carbonyl (C=O) groups excluding carboxylic acids is 2. The monoisotopic (exact) mass is 416 g/mol. The zero-order valence-electron chi connectivity index (χ0n) is 16.0. The predicted molar refractivity (Wildman–Crippen MR) is 112 cm³/mol. The normalized spacial score (nSPS) is 11.8. The minimum absolute atomic E-state index is 0.00870. The number of carbonyl (C=O) groups is 2. The van der Waals surface area contributed by atoms with Crippen LogP contribution in [-0.2, 0) is 27.3 Å². The number of nitrogens with zero attached hydrogens (tertiary/aromatic N) is 2. The van der Waals surface area contributed by atoms with E-state index in [1.807, 2.05) is 38.1 Å². The average molecular weight is 417 g/mol. The van der Waals surface area contributed by atoms with Gasteiger partial charge in [-0.25, -0.2) is 0 Å². The molecule has 1 aromatic heterocycles. The number of aryl methyl sites for hydroxylation is 2. The second-order valence-electron chi connectivity index (χ2n) is 6.49. The zero-order chi connectivity index (χ0) is 20.3. The number of amides is 1. The first-order valence-corrected chi connectivity index (χ1v) is 10.1. The van der Waals surface area contributed by atoms with E-state index in [4.69, 9.17) is 16.3 Å². The lowest BCUT2D eigenvalue weighted by atomic mass is 10.0. The Balaban J connectivity index is 1.98. The van der Waals surface area contributed by atoms with Crippen LogP contribution in [0.2, 0.25) is 5.02 Å². The molecule has 0 fully saturated rings. The second kappa shape index (κ2) is 8.71. The Hall–Kier alpha value is -2.44. The number of hydrogen-bond donors (Lipinski definition) is 0. The maximum Gasteiger partial charge on any atom is 0.326 e. The van der Waals surface area contributed by atoms with Crippen LogP contribution >= 0.6 is 22.9 Å². The third-order valence-corrected chi connectivity index (χ3v) is 5.66. The zero-order valence-corrected chi connectivity index (χ0v) is 17.6. The summed E-state index contributed by atoms with van der Waals surface area (Å²) < 4.78 is 7.62. The number of benzene rings is 2. The standard InChI is InChI=1S/C21H21ClN2O3S/c1-4-27-20(26)12-24-17-8-7-16(22)11-18(17)28-21(24)23-19(25)10-15-6-5-13(2)14(3)9-15/h5-9,11H,4,10,12H2,1-3H3. The van der Waals surface area contributed by atoms with E-state index in [1.54, 1.807) is 23.6 Å². The van der Waals surface area contributed by atoms with E-state index in [-0.39, 0.29) is 24.8 Å². The van der Waals surface area contributed by atoms with E-state index in [1.165, 1.54) is 16.9 Å². The van der Waals surface area contributed by atoms with Gasteiger partial charge in [-0.3, -0.25) is 9.59 Å². The summed E-state index contributed by atoms with van der Waals surface area (Å²) in [6.07, 6.45) is 0.204. The van der Waals surface area contributed by atoms with Gasteiger partial charge in [-0.05, 0) is 55.7 Å². The fraction of sp³-hybridized carbons (Fsp3) is 0.286. The van der Waals surface area contributed by atoms with Crippen LogP contribution in [0.1, 0.15) is 23.6 Å². The molecule has 0 unspecified atom stereocenters. The Kier molecular flexibility index (Phi) is 6.31. The van der Waals surface area contributed by atoms with Crippen molar-refractivity contribution in [2.24, 2.45) is 4.99 Å². The van der Waals surface area contributed by atoms with Crippen LogP contribution in [0.4, 0.5) is 0 Å². The molecule has 0 bridgehead atoms. The fourth-order valence-electron chi connectivity index (χ4n) is 2.86. The van der Waals surface area contributed by atoms with Gasteiger partial charge in [0.1, 0.15) is 6.54 Å². The molecule has 0 aliphatic carbocycles. The van der Waals surface area contributed by atoms with Crippen LogP contribution in [0, 0.1) is 13.8 Å². The van der Waals surface area contributed by atoms with Crippen molar-refractivity contribution in [3.05, 3.63) is 62.9 Å². The SMILES string of the molecule is CCOC(=O)Cn1c(=NC(=O)Cc2ccc(C)c(C)c2)sc2cc(Cl)ccc21. The molecule has 0 radical (unpaired) electrons. The number of fused-ring (bicyclic) bond motifs is 1. The summed E-state index contributed by atoms with van der Waals surface area (Å²) in [6.45, 7) is 6.10. The Bertz CT molecular complexity index is 1110. The van der Waals surface area contributed by atoms with Crippen LogP contribution in [0.5, 0.6) is 0 Å². The Morgan fingerprint density at radius 1 is 1.14 bits per heavy atom. The van der Waals surface area contributed by atoms with Gasteiger partial charge in [0.05, 0.1) is 23.2 Å². The summed E-state index contributed by atoms with van der Waals surface area (Å²) in [5, 5.41) is 0.588. The predicted octanol–water partition coefficient (Wildman–Crippen LogP) is 4.21. The lowest BCUT2D eigenvalue weighted by Crippen LogP contribution is -2.23. The third-order valence-electron chi connectivity index (χ3n) is 4.38. The Labute approximate surface area is 172 Å². The van der Waals surface area contributed by atoms with Crippen molar-refractivity contribution in [2.75, 3.05) is 6.61 Å². The molecule has 5 nitrogen and oxygen atoms in total. The van der Waals surface area contributed by atoms with E-state index < -0.39 is 0 Å². The van der Waals surface area contributed by atoms with E-state index >= 15 is 0 Å². The van der Waals surface area contributed by atoms with Crippen molar-refractivity contribution in [3.63, 3.8) is 0 Å². The number of rotatable bonds is 5. The van der Waals surface area contributed by atoms with Crippen molar-refractivity contribution in [2.45, 2.75) is 33.7 Å². The van der Waals surface area contributed by atoms with Gasteiger partial charge < -0.3 is 9.30 Å². The molecule has 146 valence electrons. The summed E-state index contributed by atoms with van der Waals surface area (Å²) in [5.41, 5.74) is 4.03. The van der Waals surface area contributed by atoms with Crippen LogP contribution in [0.15, 0.2) is 41.4 Å². The van der Waals surface area contributed by atoms with Crippen molar-refractivity contribution < 1.29 is 14.3 Å². The largest absolute Gasteiger partial charge is 0.465 e. The van der Waals surface area contributed by atoms with Crippen LogP contribution in [-0.4, -0.2) is 23.1 Å². The van der Waals surface area contributed by atoms with Gasteiger partial charge in [0.2, 0.25) is 0 Å². The fourth-order valence-corrected chi connectivity index (χ4v) is 4.18. The first kappa shape index (κ1) is 20.3. The second-order valence-corrected chi connectivity index (χ2v) is 7.93. The summed E-state index contributed by atoms with van der Waals surface area (Å²) in [4.78, 5) is 29.3. The lowest BCUT2D eigenvalue weighted by Gasteiger charge is -2.05. The van der Waals surface area contributed by atoms with Crippen molar-refractivity contribution >= 4 is 45.0 Å². The highest BCUT2D eigenvalue weighted by molar-refractivity contribution is 7.16. The van der Waals surface area contributed by atoms with Crippen molar-refractivity contribution in [3.8, 4) is 0 Å². The minimum Gasteiger partial charge on any atom is -0.465 e. The van der Waals surface area contributed by atoms with Crippen molar-refractivity contribution in [1.29, 1.82) is 0 Å². The molecule has 0 aliphatic heterocycles. The van der Waals surface area contributed by atoms with Crippen LogP contribution in [0.3, 0.4) is 0 Å². The van der Waals surface area contributed by atoms with Crippen LogP contribution < -0.4 is 4.80 Å². The molecule has 3 aromatic rings. The van der Waals surface area contributed by atoms with Gasteiger partial charge >= 0.3 is 5.97 Å². The van der Waals surface area contributed by atoms with Gasteiger partial charge in [0.15, 0.2) is 4.80 Å². The molecule has 0 aliphatic rings. The third kappa shape index (κ3) is 4.69. The maximum atomic E-state index is 12.6. The van der Waals surface area contributed by atoms with E-state index in [0.717, 1.165) is 21.3 Å². The number of esters is 1. The molecule has 0 atom stereocenters. The number of hydrogen-bond acceptors (Lipinski definition) is 4. The van der Waals surface area contributed by atoms with Gasteiger partial charge in [0, 0.05) is 5.02 Å². The molecule has 3 rings (SSSR count). The van der Waals surface area contributed by atoms with Crippen molar-refractivity contribution in [1.82, 2.24) is 4.57 Å². The number of ether oxygens (including phenoxy) is 1. The summed E-state index contributed by atoms with van der Waals surface area (Å²) in [7, 11) is 0.